The van der Waals surface area contributed by atoms with Gasteiger partial charge in [0.05, 0.1) is 30.6 Å². The number of nitrogens with one attached hydrogen (secondary N) is 1. The molecule has 4 rings (SSSR count). The predicted molar refractivity (Wildman–Crippen MR) is 95.5 cm³/mol. The molecule has 134 valence electrons. The van der Waals surface area contributed by atoms with Crippen LogP contribution in [-0.2, 0) is 6.54 Å². The fourth-order valence-electron chi connectivity index (χ4n) is 3.37. The Morgan fingerprint density at radius 2 is 2.26 bits per heavy atom. The van der Waals surface area contributed by atoms with E-state index in [1.54, 1.807) is 16.7 Å². The molecule has 7 heteroatoms. The second-order valence-electron chi connectivity index (χ2n) is 6.35. The number of nitrogens with two attached hydrogens (primary N) is 1. The van der Waals surface area contributed by atoms with Crippen molar-refractivity contribution in [2.24, 2.45) is 5.73 Å². The first-order valence-corrected chi connectivity index (χ1v) is 8.39. The summed E-state index contributed by atoms with van der Waals surface area (Å²) in [6, 6.07) is 9.39. The molecule has 0 radical (unpaired) electrons. The van der Waals surface area contributed by atoms with Crippen molar-refractivity contribution in [3.05, 3.63) is 93.4 Å². The number of furan rings is 1. The van der Waals surface area contributed by atoms with E-state index in [-0.39, 0.29) is 17.0 Å². The summed E-state index contributed by atoms with van der Waals surface area (Å²) in [6.45, 7) is 2.23. The molecule has 7 nitrogen and oxygen atoms in total. The SMILES string of the molecule is Cc1cc2c(c(=O)n1Cc1ccc[nH+]c1)C(c1ccoc1)C(C#N)=C(N)O2. The van der Waals surface area contributed by atoms with Gasteiger partial charge in [0.2, 0.25) is 5.88 Å². The summed E-state index contributed by atoms with van der Waals surface area (Å²) in [6.07, 6.45) is 6.66. The lowest BCUT2D eigenvalue weighted by molar-refractivity contribution is -0.378. The van der Waals surface area contributed by atoms with Gasteiger partial charge in [0.25, 0.3) is 5.56 Å². The number of nitrogens with zero attached hydrogens (tertiary/aromatic N) is 2. The summed E-state index contributed by atoms with van der Waals surface area (Å²) in [5.41, 5.74) is 8.68. The summed E-state index contributed by atoms with van der Waals surface area (Å²) >= 11 is 0. The van der Waals surface area contributed by atoms with Gasteiger partial charge >= 0.3 is 0 Å². The third kappa shape index (κ3) is 2.77. The Hall–Kier alpha value is -3.79. The van der Waals surface area contributed by atoms with E-state index in [1.165, 1.54) is 12.5 Å². The van der Waals surface area contributed by atoms with Gasteiger partial charge in [0.15, 0.2) is 12.4 Å². The summed E-state index contributed by atoms with van der Waals surface area (Å²) in [4.78, 5) is 16.4. The first-order chi connectivity index (χ1) is 13.1. The fraction of sp³-hybridized carbons (Fsp3) is 0.150. The van der Waals surface area contributed by atoms with Gasteiger partial charge in [-0.25, -0.2) is 4.98 Å². The van der Waals surface area contributed by atoms with E-state index in [4.69, 9.17) is 14.9 Å². The molecule has 0 aliphatic carbocycles. The number of aromatic amines is 1. The maximum Gasteiger partial charge on any atom is 0.259 e. The number of fused-ring (bicyclic) bond motifs is 1. The summed E-state index contributed by atoms with van der Waals surface area (Å²) in [5, 5.41) is 9.59. The minimum absolute atomic E-state index is 0.00501. The molecule has 1 unspecified atom stereocenters. The van der Waals surface area contributed by atoms with E-state index in [9.17, 15) is 10.1 Å². The van der Waals surface area contributed by atoms with Crippen LogP contribution < -0.4 is 21.0 Å². The molecular weight excluding hydrogens is 344 g/mol. The molecule has 0 saturated heterocycles. The van der Waals surface area contributed by atoms with E-state index in [1.807, 2.05) is 31.5 Å². The van der Waals surface area contributed by atoms with Crippen LogP contribution in [0.4, 0.5) is 0 Å². The molecule has 0 fully saturated rings. The highest BCUT2D eigenvalue weighted by molar-refractivity contribution is 5.54. The van der Waals surface area contributed by atoms with Crippen LogP contribution in [0.1, 0.15) is 28.3 Å². The Bertz CT molecular complexity index is 1120. The topological polar surface area (TPSA) is 108 Å². The fourth-order valence-corrected chi connectivity index (χ4v) is 3.37. The van der Waals surface area contributed by atoms with E-state index in [0.717, 1.165) is 11.3 Å². The lowest BCUT2D eigenvalue weighted by atomic mass is 9.85. The molecule has 1 aliphatic heterocycles. The van der Waals surface area contributed by atoms with E-state index in [0.29, 0.717) is 23.4 Å². The minimum atomic E-state index is -0.626. The van der Waals surface area contributed by atoms with Crippen molar-refractivity contribution < 1.29 is 14.1 Å². The van der Waals surface area contributed by atoms with Gasteiger partial charge < -0.3 is 19.5 Å². The monoisotopic (exact) mass is 361 g/mol. The van der Waals surface area contributed by atoms with Crippen LogP contribution in [0, 0.1) is 18.3 Å². The molecule has 0 amide bonds. The zero-order valence-electron chi connectivity index (χ0n) is 14.6. The Labute approximate surface area is 154 Å². The number of ether oxygens (including phenoxy) is 1. The molecule has 0 aromatic carbocycles. The molecule has 0 saturated carbocycles. The predicted octanol–water partition coefficient (Wildman–Crippen LogP) is 1.83. The van der Waals surface area contributed by atoms with E-state index >= 15 is 0 Å². The highest BCUT2D eigenvalue weighted by Gasteiger charge is 2.34. The van der Waals surface area contributed by atoms with Crippen molar-refractivity contribution in [3.8, 4) is 11.8 Å². The van der Waals surface area contributed by atoms with Gasteiger partial charge in [-0.1, -0.05) is 0 Å². The molecular formula is C20H17N4O3+. The van der Waals surface area contributed by atoms with Crippen LogP contribution in [0.3, 0.4) is 0 Å². The molecule has 4 heterocycles. The smallest absolute Gasteiger partial charge is 0.259 e. The number of nitriles is 1. The standard InChI is InChI=1S/C20H16N4O3/c1-12-7-16-18(20(25)24(12)10-13-3-2-5-23-9-13)17(14-4-6-26-11-14)15(8-21)19(22)27-16/h2-7,9,11,17H,10,22H2,1H3/p+1. The van der Waals surface area contributed by atoms with Crippen LogP contribution in [0.5, 0.6) is 5.75 Å². The van der Waals surface area contributed by atoms with Gasteiger partial charge in [-0.3, -0.25) is 4.79 Å². The van der Waals surface area contributed by atoms with Gasteiger partial charge in [-0.15, -0.1) is 0 Å². The van der Waals surface area contributed by atoms with Gasteiger partial charge in [0.1, 0.15) is 17.4 Å². The molecule has 3 aromatic heterocycles. The van der Waals surface area contributed by atoms with Gasteiger partial charge in [-0.05, 0) is 19.1 Å². The van der Waals surface area contributed by atoms with Gasteiger partial charge in [0, 0.05) is 29.0 Å². The maximum atomic E-state index is 13.4. The highest BCUT2D eigenvalue weighted by Crippen LogP contribution is 2.40. The first-order valence-electron chi connectivity index (χ1n) is 8.39. The zero-order valence-corrected chi connectivity index (χ0v) is 14.6. The van der Waals surface area contributed by atoms with Crippen molar-refractivity contribution in [1.29, 1.82) is 5.26 Å². The maximum absolute atomic E-state index is 13.4. The van der Waals surface area contributed by atoms with Crippen LogP contribution in [0.15, 0.2) is 69.9 Å². The Kier molecular flexibility index (Phi) is 4.01. The van der Waals surface area contributed by atoms with E-state index < -0.39 is 5.92 Å². The van der Waals surface area contributed by atoms with Crippen LogP contribution in [0.2, 0.25) is 0 Å². The second kappa shape index (κ2) is 6.50. The molecule has 3 N–H and O–H groups in total. The normalized spacial score (nSPS) is 15.8. The van der Waals surface area contributed by atoms with Crippen molar-refractivity contribution in [2.75, 3.05) is 0 Å². The molecule has 1 atom stereocenters. The number of hydrogen-bond acceptors (Lipinski definition) is 5. The number of aryl methyl sites for hydroxylation is 1. The number of aromatic nitrogens is 2. The highest BCUT2D eigenvalue weighted by atomic mass is 16.5. The average Bonchev–Trinajstić information content (AvgIpc) is 3.19. The number of rotatable bonds is 3. The van der Waals surface area contributed by atoms with Crippen LogP contribution in [-0.4, -0.2) is 4.57 Å². The molecule has 3 aromatic rings. The minimum Gasteiger partial charge on any atom is -0.472 e. The summed E-state index contributed by atoms with van der Waals surface area (Å²) in [5.74, 6) is -0.249. The quantitative estimate of drug-likeness (QED) is 0.765. The second-order valence-corrected chi connectivity index (χ2v) is 6.35. The van der Waals surface area contributed by atoms with Crippen molar-refractivity contribution in [1.82, 2.24) is 4.57 Å². The van der Waals surface area contributed by atoms with E-state index in [2.05, 4.69) is 11.1 Å². The Morgan fingerprint density at radius 3 is 2.93 bits per heavy atom. The summed E-state index contributed by atoms with van der Waals surface area (Å²) < 4.78 is 12.5. The van der Waals surface area contributed by atoms with Crippen molar-refractivity contribution in [2.45, 2.75) is 19.4 Å². The molecule has 1 aliphatic rings. The lowest BCUT2D eigenvalue weighted by Crippen LogP contribution is -2.33. The Balaban J connectivity index is 1.92. The molecule has 0 spiro atoms. The molecule has 0 bridgehead atoms. The molecule has 27 heavy (non-hydrogen) atoms. The van der Waals surface area contributed by atoms with Crippen molar-refractivity contribution in [3.63, 3.8) is 0 Å². The number of allylic oxidation sites excluding steroid dienone is 1. The Morgan fingerprint density at radius 1 is 1.41 bits per heavy atom. The largest absolute Gasteiger partial charge is 0.472 e. The number of H-pyrrole nitrogens is 1. The average molecular weight is 361 g/mol. The lowest BCUT2D eigenvalue weighted by Gasteiger charge is -2.26. The number of hydrogen-bond donors (Lipinski definition) is 1. The first kappa shape index (κ1) is 16.7. The zero-order chi connectivity index (χ0) is 19.0. The van der Waals surface area contributed by atoms with Gasteiger partial charge in [-0.2, -0.15) is 5.26 Å². The third-order valence-corrected chi connectivity index (χ3v) is 4.68. The van der Waals surface area contributed by atoms with Crippen molar-refractivity contribution >= 4 is 0 Å². The van der Waals surface area contributed by atoms with Crippen LogP contribution in [0.25, 0.3) is 0 Å². The number of pyridine rings is 2. The summed E-state index contributed by atoms with van der Waals surface area (Å²) in [7, 11) is 0. The third-order valence-electron chi connectivity index (χ3n) is 4.68. The van der Waals surface area contributed by atoms with Crippen LogP contribution >= 0.6 is 0 Å².